The van der Waals surface area contributed by atoms with Gasteiger partial charge in [0, 0.05) is 11.6 Å². The highest BCUT2D eigenvalue weighted by Crippen LogP contribution is 2.42. The number of methoxy groups -OCH3 is 1. The molecule has 0 fully saturated rings. The van der Waals surface area contributed by atoms with E-state index in [1.807, 2.05) is 66.7 Å². The molecule has 258 valence electrons. The van der Waals surface area contributed by atoms with Gasteiger partial charge in [-0.3, -0.25) is 0 Å². The summed E-state index contributed by atoms with van der Waals surface area (Å²) in [6, 6.07) is 33.1. The normalized spacial score (nSPS) is 11.5. The van der Waals surface area contributed by atoms with Gasteiger partial charge in [-0.25, -0.2) is 9.59 Å². The van der Waals surface area contributed by atoms with E-state index in [4.69, 9.17) is 18.6 Å². The summed E-state index contributed by atoms with van der Waals surface area (Å²) in [6.45, 7) is 13.6. The van der Waals surface area contributed by atoms with Crippen LogP contribution >= 0.6 is 0 Å². The van der Waals surface area contributed by atoms with E-state index in [1.54, 1.807) is 33.8 Å². The number of phenols is 1. The molecule has 8 heteroatoms. The Morgan fingerprint density at radius 3 is 1.72 bits per heavy atom. The van der Waals surface area contributed by atoms with Crippen molar-refractivity contribution in [1.29, 1.82) is 0 Å². The van der Waals surface area contributed by atoms with Gasteiger partial charge in [0.2, 0.25) is 0 Å². The molecule has 0 heterocycles. The maximum atomic E-state index is 13.8. The zero-order valence-electron chi connectivity index (χ0n) is 29.9. The van der Waals surface area contributed by atoms with Gasteiger partial charge in [0.15, 0.2) is 0 Å². The highest BCUT2D eigenvalue weighted by atomic mass is 28.4. The van der Waals surface area contributed by atoms with E-state index in [9.17, 15) is 14.7 Å². The van der Waals surface area contributed by atoms with Crippen LogP contribution in [0.4, 0.5) is 0 Å². The number of aryl methyl sites for hydroxylation is 1. The molecule has 50 heavy (non-hydrogen) atoms. The molecule has 7 nitrogen and oxygen atoms in total. The Balaban J connectivity index is 1.49. The van der Waals surface area contributed by atoms with Crippen LogP contribution in [-0.4, -0.2) is 32.5 Å². The topological polar surface area (TPSA) is 91.3 Å². The van der Waals surface area contributed by atoms with Crippen molar-refractivity contribution >= 4 is 30.6 Å². The Bertz CT molecular complexity index is 1960. The Morgan fingerprint density at radius 1 is 0.660 bits per heavy atom. The van der Waals surface area contributed by atoms with Gasteiger partial charge >= 0.3 is 20.3 Å². The van der Waals surface area contributed by atoms with Gasteiger partial charge in [-0.05, 0) is 71.4 Å². The minimum absolute atomic E-state index is 0.0275. The molecule has 0 bridgehead atoms. The summed E-state index contributed by atoms with van der Waals surface area (Å²) in [7, 11) is -1.58. The summed E-state index contributed by atoms with van der Waals surface area (Å²) in [5, 5.41) is 13.5. The van der Waals surface area contributed by atoms with E-state index in [2.05, 4.69) is 45.0 Å². The molecule has 0 aromatic heterocycles. The van der Waals surface area contributed by atoms with Crippen LogP contribution in [0.1, 0.15) is 69.3 Å². The van der Waals surface area contributed by atoms with Gasteiger partial charge in [0.25, 0.3) is 0 Å². The third kappa shape index (κ3) is 6.89. The first-order valence-corrected chi connectivity index (χ1v) is 18.5. The van der Waals surface area contributed by atoms with E-state index in [0.29, 0.717) is 28.0 Å². The van der Waals surface area contributed by atoms with E-state index < -0.39 is 20.3 Å². The Hall–Kier alpha value is -5.34. The number of carbonyl (C=O) groups is 2. The summed E-state index contributed by atoms with van der Waals surface area (Å²) in [5.74, 6) is -0.606. The highest BCUT2D eigenvalue weighted by Gasteiger charge is 2.52. The second-order valence-electron chi connectivity index (χ2n) is 13.5. The minimum atomic E-state index is -3.02. The average Bonchev–Trinajstić information content (AvgIpc) is 3.10. The van der Waals surface area contributed by atoms with E-state index >= 15 is 0 Å². The predicted octanol–water partition coefficient (Wildman–Crippen LogP) is 8.15. The summed E-state index contributed by atoms with van der Waals surface area (Å²) in [6.07, 6.45) is 0. The second kappa shape index (κ2) is 14.6. The summed E-state index contributed by atoms with van der Waals surface area (Å²) < 4.78 is 24.2. The summed E-state index contributed by atoms with van der Waals surface area (Å²) >= 11 is 0. The lowest BCUT2D eigenvalue weighted by Gasteiger charge is -2.43. The number of ether oxygens (including phenoxy) is 3. The first-order chi connectivity index (χ1) is 23.8. The Kier molecular flexibility index (Phi) is 10.5. The maximum absolute atomic E-state index is 13.8. The first-order valence-electron chi connectivity index (χ1n) is 16.5. The highest BCUT2D eigenvalue weighted by molar-refractivity contribution is 7.00. The SMILES string of the molecule is COc1cc(OC(=O)c2c(C)cc(O[Si](c3ccccc3)(c3ccccc3)C(C)(C)C)c(C)c2O)c(C)c(C)c1C(=O)OCc1ccccc1. The maximum Gasteiger partial charge on any atom is 0.347 e. The number of rotatable bonds is 10. The molecule has 0 aliphatic carbocycles. The molecular weight excluding hydrogens is 645 g/mol. The van der Waals surface area contributed by atoms with Crippen molar-refractivity contribution in [1.82, 2.24) is 0 Å². The van der Waals surface area contributed by atoms with Crippen molar-refractivity contribution in [3.05, 3.63) is 142 Å². The molecule has 0 unspecified atom stereocenters. The van der Waals surface area contributed by atoms with Gasteiger partial charge in [-0.1, -0.05) is 112 Å². The van der Waals surface area contributed by atoms with Crippen LogP contribution in [0.2, 0.25) is 5.04 Å². The van der Waals surface area contributed by atoms with Crippen molar-refractivity contribution in [3.8, 4) is 23.0 Å². The number of aromatic hydroxyl groups is 1. The predicted molar refractivity (Wildman–Crippen MR) is 199 cm³/mol. The quantitative estimate of drug-likeness (QED) is 0.0900. The van der Waals surface area contributed by atoms with Crippen molar-refractivity contribution < 1.29 is 33.3 Å². The second-order valence-corrected chi connectivity index (χ2v) is 17.7. The zero-order chi connectivity index (χ0) is 36.2. The number of benzene rings is 5. The molecule has 0 radical (unpaired) electrons. The lowest BCUT2D eigenvalue weighted by molar-refractivity contribution is 0.0468. The number of esters is 2. The fourth-order valence-corrected chi connectivity index (χ4v) is 10.8. The van der Waals surface area contributed by atoms with Gasteiger partial charge in [-0.15, -0.1) is 0 Å². The molecule has 0 aliphatic heterocycles. The third-order valence-corrected chi connectivity index (χ3v) is 14.2. The smallest absolute Gasteiger partial charge is 0.347 e. The molecule has 0 aliphatic rings. The third-order valence-electron chi connectivity index (χ3n) is 9.24. The first kappa shape index (κ1) is 36.0. The van der Waals surface area contributed by atoms with Crippen molar-refractivity contribution in [2.45, 2.75) is 60.1 Å². The number of phenolic OH excluding ortho intramolecular Hbond substituents is 1. The van der Waals surface area contributed by atoms with Gasteiger partial charge in [0.1, 0.15) is 40.7 Å². The molecule has 0 amide bonds. The number of hydrogen-bond acceptors (Lipinski definition) is 7. The van der Waals surface area contributed by atoms with E-state index in [-0.39, 0.29) is 40.0 Å². The van der Waals surface area contributed by atoms with Crippen LogP contribution in [0.25, 0.3) is 0 Å². The van der Waals surface area contributed by atoms with Crippen LogP contribution in [0, 0.1) is 27.7 Å². The summed E-state index contributed by atoms with van der Waals surface area (Å²) in [4.78, 5) is 27.0. The molecule has 0 atom stereocenters. The molecule has 0 saturated heterocycles. The van der Waals surface area contributed by atoms with Crippen LogP contribution in [-0.2, 0) is 11.3 Å². The molecule has 5 rings (SSSR count). The molecule has 0 saturated carbocycles. The fourth-order valence-electron chi connectivity index (χ4n) is 6.37. The van der Waals surface area contributed by atoms with Crippen molar-refractivity contribution in [3.63, 3.8) is 0 Å². The zero-order valence-corrected chi connectivity index (χ0v) is 30.9. The number of carbonyl (C=O) groups excluding carboxylic acids is 2. The number of hydrogen-bond donors (Lipinski definition) is 1. The van der Waals surface area contributed by atoms with Gasteiger partial charge in [0.05, 0.1) is 7.11 Å². The van der Waals surface area contributed by atoms with Gasteiger partial charge < -0.3 is 23.7 Å². The van der Waals surface area contributed by atoms with E-state index in [1.165, 1.54) is 13.2 Å². The monoisotopic (exact) mass is 688 g/mol. The van der Waals surface area contributed by atoms with Crippen LogP contribution in [0.5, 0.6) is 23.0 Å². The Morgan fingerprint density at radius 2 is 1.20 bits per heavy atom. The van der Waals surface area contributed by atoms with Crippen LogP contribution in [0.3, 0.4) is 0 Å². The summed E-state index contributed by atoms with van der Waals surface area (Å²) in [5.41, 5.74) is 3.17. The molecule has 0 spiro atoms. The van der Waals surface area contributed by atoms with E-state index in [0.717, 1.165) is 15.9 Å². The van der Waals surface area contributed by atoms with Gasteiger partial charge in [-0.2, -0.15) is 0 Å². The van der Waals surface area contributed by atoms with Crippen molar-refractivity contribution in [2.24, 2.45) is 0 Å². The Labute approximate surface area is 295 Å². The standard InChI is InChI=1S/C42H44O7Si/c1-27-24-35(49-50(42(5,6)7,32-20-14-10-15-21-32)33-22-16-11-17-23-33)30(4)39(43)37(27)41(45)48-34-25-36(46-8)38(29(3)28(34)2)40(44)47-26-31-18-12-9-13-19-31/h9-25,43H,26H2,1-8H3. The fraction of sp³-hybridized carbons (Fsp3) is 0.238. The van der Waals surface area contributed by atoms with Crippen LogP contribution in [0.15, 0.2) is 103 Å². The lowest BCUT2D eigenvalue weighted by Crippen LogP contribution is -2.68. The largest absolute Gasteiger partial charge is 0.534 e. The molecule has 5 aromatic carbocycles. The molecular formula is C42H44O7Si. The average molecular weight is 689 g/mol. The van der Waals surface area contributed by atoms with Crippen molar-refractivity contribution in [2.75, 3.05) is 7.11 Å². The molecule has 1 N–H and O–H groups in total. The lowest BCUT2D eigenvalue weighted by atomic mass is 10.0. The van der Waals surface area contributed by atoms with Crippen LogP contribution < -0.4 is 24.3 Å². The minimum Gasteiger partial charge on any atom is -0.534 e. The molecule has 5 aromatic rings.